The Morgan fingerprint density at radius 3 is 2.56 bits per heavy atom. The Bertz CT molecular complexity index is 1620. The van der Waals surface area contributed by atoms with Crippen molar-refractivity contribution in [1.29, 1.82) is 0 Å². The fourth-order valence-electron chi connectivity index (χ4n) is 5.06. The Morgan fingerprint density at radius 1 is 1.09 bits per heavy atom. The monoisotopic (exact) mass is 655 g/mol. The highest BCUT2D eigenvalue weighted by atomic mass is 35.5. The van der Waals surface area contributed by atoms with Crippen molar-refractivity contribution >= 4 is 27.7 Å². The van der Waals surface area contributed by atoms with Crippen LogP contribution in [-0.4, -0.2) is 55.6 Å². The van der Waals surface area contributed by atoms with Crippen LogP contribution in [-0.2, 0) is 31.7 Å². The van der Waals surface area contributed by atoms with Gasteiger partial charge in [0.1, 0.15) is 11.4 Å². The van der Waals surface area contributed by atoms with Crippen molar-refractivity contribution in [1.82, 2.24) is 14.6 Å². The third-order valence-corrected chi connectivity index (χ3v) is 10.0. The number of nitrogens with one attached hydrogen (secondary N) is 1. The molecule has 3 aromatic rings. The average Bonchev–Trinajstić information content (AvgIpc) is 3.93. The molecule has 242 valence electrons. The van der Waals surface area contributed by atoms with Crippen LogP contribution >= 0.6 is 11.6 Å². The van der Waals surface area contributed by atoms with E-state index in [1.807, 2.05) is 30.5 Å². The summed E-state index contributed by atoms with van der Waals surface area (Å²) in [5.41, 5.74) is 2.49. The van der Waals surface area contributed by atoms with E-state index in [-0.39, 0.29) is 17.6 Å². The van der Waals surface area contributed by atoms with Crippen LogP contribution in [0.25, 0.3) is 11.1 Å². The molecule has 2 fully saturated rings. The molecule has 0 bridgehead atoms. The minimum atomic E-state index is -3.77. The van der Waals surface area contributed by atoms with Crippen LogP contribution in [0.4, 0.5) is 4.79 Å². The lowest BCUT2D eigenvalue weighted by molar-refractivity contribution is 0.0173. The van der Waals surface area contributed by atoms with Gasteiger partial charge in [0.15, 0.2) is 0 Å². The standard InChI is InChI=1S/C34H42ClN3O6S/c1-33(2,3)44-32(39)37-18-7-8-20-38(4)45(40,41)26-13-14-30(35)24(21-26)23-42-34(16-17-34)29-22-36-19-15-27(29)28-9-5-6-10-31(28)43-25-11-12-25/h5-6,9-10,13-15,19,21-22,25H,7-8,11-12,16-18,20,23H2,1-4H3,(H,37,39). The molecule has 1 heterocycles. The van der Waals surface area contributed by atoms with Crippen LogP contribution in [0.5, 0.6) is 5.75 Å². The van der Waals surface area contributed by atoms with Crippen molar-refractivity contribution in [3.05, 3.63) is 77.1 Å². The van der Waals surface area contributed by atoms with Crippen LogP contribution in [0.2, 0.25) is 5.02 Å². The molecular weight excluding hydrogens is 614 g/mol. The van der Waals surface area contributed by atoms with Crippen molar-refractivity contribution in [2.75, 3.05) is 20.1 Å². The molecule has 0 atom stereocenters. The Kier molecular flexibility index (Phi) is 10.1. The van der Waals surface area contributed by atoms with Gasteiger partial charge in [-0.2, -0.15) is 0 Å². The summed E-state index contributed by atoms with van der Waals surface area (Å²) in [5, 5.41) is 3.14. The number of para-hydroxylation sites is 1. The second-order valence-electron chi connectivity index (χ2n) is 12.7. The number of rotatable bonds is 14. The highest BCUT2D eigenvalue weighted by molar-refractivity contribution is 7.89. The summed E-state index contributed by atoms with van der Waals surface area (Å²) in [4.78, 5) is 16.4. The summed E-state index contributed by atoms with van der Waals surface area (Å²) >= 11 is 6.55. The molecule has 2 aromatic carbocycles. The molecule has 1 aromatic heterocycles. The zero-order valence-electron chi connectivity index (χ0n) is 26.3. The molecule has 0 unspecified atom stereocenters. The molecule has 0 saturated heterocycles. The lowest BCUT2D eigenvalue weighted by Gasteiger charge is -2.22. The number of alkyl carbamates (subject to hydrolysis) is 1. The largest absolute Gasteiger partial charge is 0.490 e. The van der Waals surface area contributed by atoms with Gasteiger partial charge in [-0.1, -0.05) is 29.8 Å². The SMILES string of the molecule is CN(CCCCNC(=O)OC(C)(C)C)S(=O)(=O)c1ccc(Cl)c(COC2(c3cnccc3-c3ccccc3OC3CC3)CC2)c1. The number of pyridine rings is 1. The Labute approximate surface area is 271 Å². The van der Waals surface area contributed by atoms with Gasteiger partial charge < -0.3 is 19.5 Å². The van der Waals surface area contributed by atoms with Gasteiger partial charge in [0.2, 0.25) is 10.0 Å². The maximum Gasteiger partial charge on any atom is 0.407 e. The van der Waals surface area contributed by atoms with Gasteiger partial charge in [0, 0.05) is 48.7 Å². The van der Waals surface area contributed by atoms with E-state index in [1.165, 1.54) is 10.4 Å². The second kappa shape index (κ2) is 13.7. The lowest BCUT2D eigenvalue weighted by atomic mass is 9.96. The molecule has 0 spiro atoms. The summed E-state index contributed by atoms with van der Waals surface area (Å²) in [5.74, 6) is 0.854. The van der Waals surface area contributed by atoms with Gasteiger partial charge in [-0.3, -0.25) is 4.98 Å². The van der Waals surface area contributed by atoms with Gasteiger partial charge in [-0.05, 0) is 101 Å². The average molecular weight is 656 g/mol. The molecule has 45 heavy (non-hydrogen) atoms. The van der Waals surface area contributed by atoms with Crippen molar-refractivity contribution in [3.8, 4) is 16.9 Å². The van der Waals surface area contributed by atoms with Gasteiger partial charge in [-0.25, -0.2) is 17.5 Å². The normalized spacial score (nSPS) is 16.0. The van der Waals surface area contributed by atoms with Crippen molar-refractivity contribution in [3.63, 3.8) is 0 Å². The quantitative estimate of drug-likeness (QED) is 0.185. The molecule has 1 amide bonds. The number of aromatic nitrogens is 1. The first-order valence-electron chi connectivity index (χ1n) is 15.4. The number of unbranched alkanes of at least 4 members (excludes halogenated alkanes) is 1. The van der Waals surface area contributed by atoms with E-state index >= 15 is 0 Å². The van der Waals surface area contributed by atoms with E-state index in [0.29, 0.717) is 36.5 Å². The molecule has 2 saturated carbocycles. The first kappa shape index (κ1) is 33.2. The van der Waals surface area contributed by atoms with E-state index in [9.17, 15) is 13.2 Å². The van der Waals surface area contributed by atoms with E-state index in [0.717, 1.165) is 48.1 Å². The minimum Gasteiger partial charge on any atom is -0.490 e. The molecule has 0 radical (unpaired) electrons. The molecule has 1 N–H and O–H groups in total. The molecule has 9 nitrogen and oxygen atoms in total. The fourth-order valence-corrected chi connectivity index (χ4v) is 6.49. The number of benzene rings is 2. The zero-order valence-corrected chi connectivity index (χ0v) is 27.9. The van der Waals surface area contributed by atoms with Crippen LogP contribution in [0.1, 0.15) is 70.4 Å². The third-order valence-electron chi connectivity index (χ3n) is 7.81. The molecule has 5 rings (SSSR count). The Morgan fingerprint density at radius 2 is 1.84 bits per heavy atom. The number of carbonyl (C=O) groups is 1. The van der Waals surface area contributed by atoms with Crippen LogP contribution in [0.3, 0.4) is 0 Å². The number of carbonyl (C=O) groups excluding carboxylic acids is 1. The molecule has 11 heteroatoms. The van der Waals surface area contributed by atoms with Crippen molar-refractivity contribution in [2.24, 2.45) is 0 Å². The predicted octanol–water partition coefficient (Wildman–Crippen LogP) is 7.07. The number of amides is 1. The minimum absolute atomic E-state index is 0.150. The van der Waals surface area contributed by atoms with Crippen molar-refractivity contribution in [2.45, 2.75) is 88.1 Å². The van der Waals surface area contributed by atoms with E-state index in [1.54, 1.807) is 46.1 Å². The number of nitrogens with zero attached hydrogens (tertiary/aromatic N) is 2. The van der Waals surface area contributed by atoms with Crippen LogP contribution in [0, 0.1) is 0 Å². The summed E-state index contributed by atoms with van der Waals surface area (Å²) < 4.78 is 46.1. The zero-order chi connectivity index (χ0) is 32.2. The van der Waals surface area contributed by atoms with Gasteiger partial charge in [0.05, 0.1) is 23.2 Å². The predicted molar refractivity (Wildman–Crippen MR) is 174 cm³/mol. The molecule has 0 aliphatic heterocycles. The number of hydrogen-bond donors (Lipinski definition) is 1. The molecule has 2 aliphatic carbocycles. The van der Waals surface area contributed by atoms with Gasteiger partial charge in [-0.15, -0.1) is 0 Å². The number of ether oxygens (including phenoxy) is 3. The maximum atomic E-state index is 13.4. The Hall–Kier alpha value is -3.18. The number of hydrogen-bond acceptors (Lipinski definition) is 7. The summed E-state index contributed by atoms with van der Waals surface area (Å²) in [7, 11) is -2.21. The summed E-state index contributed by atoms with van der Waals surface area (Å²) in [6.07, 6.45) is 8.38. The maximum absolute atomic E-state index is 13.4. The van der Waals surface area contributed by atoms with E-state index in [2.05, 4.69) is 16.4 Å². The highest BCUT2D eigenvalue weighted by Gasteiger charge is 2.48. The van der Waals surface area contributed by atoms with Crippen LogP contribution in [0.15, 0.2) is 65.8 Å². The summed E-state index contributed by atoms with van der Waals surface area (Å²) in [6, 6.07) is 14.8. The molecular formula is C34H42ClN3O6S. The first-order valence-corrected chi connectivity index (χ1v) is 17.3. The fraction of sp³-hybridized carbons (Fsp3) is 0.471. The van der Waals surface area contributed by atoms with Gasteiger partial charge >= 0.3 is 6.09 Å². The third kappa shape index (κ3) is 8.55. The number of sulfonamides is 1. The summed E-state index contributed by atoms with van der Waals surface area (Å²) in [6.45, 7) is 6.24. The number of halogens is 1. The van der Waals surface area contributed by atoms with Gasteiger partial charge in [0.25, 0.3) is 0 Å². The van der Waals surface area contributed by atoms with E-state index in [4.69, 9.17) is 25.8 Å². The Balaban J connectivity index is 1.23. The van der Waals surface area contributed by atoms with Crippen LogP contribution < -0.4 is 10.1 Å². The van der Waals surface area contributed by atoms with E-state index < -0.39 is 27.3 Å². The smallest absolute Gasteiger partial charge is 0.407 e. The lowest BCUT2D eigenvalue weighted by Crippen LogP contribution is -2.33. The van der Waals surface area contributed by atoms with Crippen molar-refractivity contribution < 1.29 is 27.4 Å². The topological polar surface area (TPSA) is 107 Å². The first-order chi connectivity index (χ1) is 21.4. The second-order valence-corrected chi connectivity index (χ2v) is 15.2. The highest BCUT2D eigenvalue weighted by Crippen LogP contribution is 2.53. The molecule has 2 aliphatic rings.